The number of ether oxygens (including phenoxy) is 2. The fourth-order valence-corrected chi connectivity index (χ4v) is 2.34. The van der Waals surface area contributed by atoms with Gasteiger partial charge in [-0.2, -0.15) is 0 Å². The zero-order chi connectivity index (χ0) is 13.4. The molecular formula is C13H30N2O2. The van der Waals surface area contributed by atoms with Crippen LogP contribution in [-0.2, 0) is 9.47 Å². The van der Waals surface area contributed by atoms with E-state index in [9.17, 15) is 0 Å². The van der Waals surface area contributed by atoms with Crippen LogP contribution in [0.25, 0.3) is 0 Å². The van der Waals surface area contributed by atoms with Gasteiger partial charge in [0, 0.05) is 13.2 Å². The lowest BCUT2D eigenvalue weighted by atomic mass is 10.2. The van der Waals surface area contributed by atoms with E-state index in [1.165, 1.54) is 0 Å². The minimum absolute atomic E-state index is 0.0720. The highest BCUT2D eigenvalue weighted by atomic mass is 16.7. The van der Waals surface area contributed by atoms with Gasteiger partial charge in [0.25, 0.3) is 0 Å². The second kappa shape index (κ2) is 8.86. The Kier molecular flexibility index (Phi) is 8.78. The Morgan fingerprint density at radius 2 is 1.47 bits per heavy atom. The van der Waals surface area contributed by atoms with Gasteiger partial charge in [-0.05, 0) is 40.8 Å². The average Bonchev–Trinajstić information content (AvgIpc) is 2.27. The van der Waals surface area contributed by atoms with Gasteiger partial charge in [0.15, 0.2) is 0 Å². The number of methoxy groups -OCH3 is 1. The summed E-state index contributed by atoms with van der Waals surface area (Å²) >= 11 is 0. The summed E-state index contributed by atoms with van der Waals surface area (Å²) in [6, 6.07) is 0.540. The quantitative estimate of drug-likeness (QED) is 0.583. The summed E-state index contributed by atoms with van der Waals surface area (Å²) in [5.74, 6) is 0. The molecular weight excluding hydrogens is 216 g/mol. The van der Waals surface area contributed by atoms with Crippen LogP contribution in [-0.4, -0.2) is 55.2 Å². The fourth-order valence-electron chi connectivity index (χ4n) is 2.34. The predicted octanol–water partition coefficient (Wildman–Crippen LogP) is 2.35. The van der Waals surface area contributed by atoms with Crippen LogP contribution in [0.15, 0.2) is 0 Å². The van der Waals surface area contributed by atoms with Crippen molar-refractivity contribution >= 4 is 0 Å². The van der Waals surface area contributed by atoms with E-state index in [2.05, 4.69) is 51.3 Å². The van der Waals surface area contributed by atoms with E-state index in [0.717, 1.165) is 13.1 Å². The summed E-state index contributed by atoms with van der Waals surface area (Å²) in [6.07, 6.45) is 0.444. The fraction of sp³-hybridized carbons (Fsp3) is 1.00. The van der Waals surface area contributed by atoms with Crippen LogP contribution in [0.5, 0.6) is 0 Å². The molecule has 0 aromatic heterocycles. The van der Waals surface area contributed by atoms with Crippen LogP contribution in [0.4, 0.5) is 0 Å². The standard InChI is InChI=1S/C13H30N2O2/c1-8-14(11(3)4)12(5)15(9-2)13(6)17-10-16-7/h11-13H,8-10H2,1-7H3. The summed E-state index contributed by atoms with van der Waals surface area (Å²) in [5, 5.41) is 0. The summed E-state index contributed by atoms with van der Waals surface area (Å²) < 4.78 is 10.6. The summed E-state index contributed by atoms with van der Waals surface area (Å²) in [7, 11) is 1.65. The normalized spacial score (nSPS) is 15.9. The molecule has 0 saturated carbocycles. The highest BCUT2D eigenvalue weighted by Gasteiger charge is 2.24. The second-order valence-corrected chi connectivity index (χ2v) is 4.56. The van der Waals surface area contributed by atoms with E-state index in [0.29, 0.717) is 19.0 Å². The molecule has 0 aromatic rings. The van der Waals surface area contributed by atoms with E-state index < -0.39 is 0 Å². The average molecular weight is 246 g/mol. The molecule has 0 bridgehead atoms. The SMILES string of the molecule is CCN(C(C)C)C(C)N(CC)C(C)OCOC. The molecule has 0 aromatic carbocycles. The van der Waals surface area contributed by atoms with Crippen LogP contribution in [0.1, 0.15) is 41.5 Å². The predicted molar refractivity (Wildman–Crippen MR) is 71.8 cm³/mol. The van der Waals surface area contributed by atoms with Crippen molar-refractivity contribution in [2.24, 2.45) is 0 Å². The van der Waals surface area contributed by atoms with Crippen LogP contribution >= 0.6 is 0 Å². The molecule has 4 heteroatoms. The van der Waals surface area contributed by atoms with Crippen LogP contribution < -0.4 is 0 Å². The third kappa shape index (κ3) is 5.34. The van der Waals surface area contributed by atoms with Crippen LogP contribution in [0.3, 0.4) is 0 Å². The lowest BCUT2D eigenvalue weighted by molar-refractivity contribution is -0.150. The van der Waals surface area contributed by atoms with Crippen LogP contribution in [0, 0.1) is 0 Å². The molecule has 0 amide bonds. The monoisotopic (exact) mass is 246 g/mol. The van der Waals surface area contributed by atoms with Crippen molar-refractivity contribution in [2.45, 2.75) is 60.0 Å². The maximum Gasteiger partial charge on any atom is 0.148 e. The molecule has 2 atom stereocenters. The Balaban J connectivity index is 4.50. The zero-order valence-corrected chi connectivity index (χ0v) is 12.6. The molecule has 0 aliphatic heterocycles. The summed E-state index contributed by atoms with van der Waals surface area (Å²) in [5.41, 5.74) is 0. The summed E-state index contributed by atoms with van der Waals surface area (Å²) in [4.78, 5) is 4.79. The van der Waals surface area contributed by atoms with E-state index in [1.807, 2.05) is 0 Å². The van der Waals surface area contributed by atoms with Crippen molar-refractivity contribution < 1.29 is 9.47 Å². The first-order valence-corrected chi connectivity index (χ1v) is 6.61. The lowest BCUT2D eigenvalue weighted by Gasteiger charge is -2.41. The number of nitrogens with zero attached hydrogens (tertiary/aromatic N) is 2. The van der Waals surface area contributed by atoms with Crippen molar-refractivity contribution in [1.82, 2.24) is 9.80 Å². The highest BCUT2D eigenvalue weighted by Crippen LogP contribution is 2.13. The van der Waals surface area contributed by atoms with Crippen molar-refractivity contribution in [2.75, 3.05) is 27.0 Å². The van der Waals surface area contributed by atoms with Crippen LogP contribution in [0.2, 0.25) is 0 Å². The first-order chi connectivity index (χ1) is 7.99. The molecule has 0 saturated heterocycles. The van der Waals surface area contributed by atoms with Gasteiger partial charge in [-0.15, -0.1) is 0 Å². The van der Waals surface area contributed by atoms with Gasteiger partial charge in [-0.25, -0.2) is 0 Å². The zero-order valence-electron chi connectivity index (χ0n) is 12.6. The Hall–Kier alpha value is -0.160. The van der Waals surface area contributed by atoms with Gasteiger partial charge < -0.3 is 9.47 Å². The molecule has 17 heavy (non-hydrogen) atoms. The molecule has 0 spiro atoms. The first kappa shape index (κ1) is 16.8. The maximum atomic E-state index is 5.62. The Bertz CT molecular complexity index is 188. The summed E-state index contributed by atoms with van der Waals surface area (Å²) in [6.45, 7) is 15.5. The smallest absolute Gasteiger partial charge is 0.148 e. The van der Waals surface area contributed by atoms with Gasteiger partial charge >= 0.3 is 0 Å². The number of hydrogen-bond acceptors (Lipinski definition) is 4. The molecule has 2 unspecified atom stereocenters. The van der Waals surface area contributed by atoms with E-state index in [4.69, 9.17) is 9.47 Å². The van der Waals surface area contributed by atoms with Gasteiger partial charge in [0.2, 0.25) is 0 Å². The molecule has 0 heterocycles. The molecule has 0 aliphatic rings. The third-order valence-electron chi connectivity index (χ3n) is 3.25. The van der Waals surface area contributed by atoms with Crippen molar-refractivity contribution in [3.05, 3.63) is 0 Å². The van der Waals surface area contributed by atoms with E-state index in [-0.39, 0.29) is 6.23 Å². The minimum atomic E-state index is 0.0720. The lowest BCUT2D eigenvalue weighted by Crippen LogP contribution is -2.53. The van der Waals surface area contributed by atoms with Crippen molar-refractivity contribution in [1.29, 1.82) is 0 Å². The molecule has 0 radical (unpaired) electrons. The largest absolute Gasteiger partial charge is 0.359 e. The molecule has 104 valence electrons. The Morgan fingerprint density at radius 1 is 0.941 bits per heavy atom. The van der Waals surface area contributed by atoms with Gasteiger partial charge in [0.05, 0.1) is 6.17 Å². The third-order valence-corrected chi connectivity index (χ3v) is 3.25. The molecule has 0 rings (SSSR count). The molecule has 0 aliphatic carbocycles. The second-order valence-electron chi connectivity index (χ2n) is 4.56. The molecule has 0 fully saturated rings. The molecule has 0 N–H and O–H groups in total. The Morgan fingerprint density at radius 3 is 1.82 bits per heavy atom. The van der Waals surface area contributed by atoms with Gasteiger partial charge in [-0.3, -0.25) is 9.80 Å². The number of hydrogen-bond donors (Lipinski definition) is 0. The minimum Gasteiger partial charge on any atom is -0.359 e. The molecule has 4 nitrogen and oxygen atoms in total. The highest BCUT2D eigenvalue weighted by molar-refractivity contribution is 4.72. The number of rotatable bonds is 9. The van der Waals surface area contributed by atoms with Crippen molar-refractivity contribution in [3.63, 3.8) is 0 Å². The van der Waals surface area contributed by atoms with E-state index >= 15 is 0 Å². The maximum absolute atomic E-state index is 5.62. The van der Waals surface area contributed by atoms with Gasteiger partial charge in [-0.1, -0.05) is 13.8 Å². The Labute approximate surface area is 107 Å². The topological polar surface area (TPSA) is 24.9 Å². The van der Waals surface area contributed by atoms with Crippen molar-refractivity contribution in [3.8, 4) is 0 Å². The van der Waals surface area contributed by atoms with E-state index in [1.54, 1.807) is 7.11 Å². The first-order valence-electron chi connectivity index (χ1n) is 6.61. The van der Waals surface area contributed by atoms with Gasteiger partial charge in [0.1, 0.15) is 13.0 Å².